The lowest BCUT2D eigenvalue weighted by Crippen LogP contribution is -2.24. The van der Waals surface area contributed by atoms with Crippen LogP contribution in [0.3, 0.4) is 0 Å². The Balaban J connectivity index is 4.50. The van der Waals surface area contributed by atoms with Crippen LogP contribution in [0.15, 0.2) is 9.52 Å². The lowest BCUT2D eigenvalue weighted by Gasteiger charge is -2.07. The summed E-state index contributed by atoms with van der Waals surface area (Å²) in [6.07, 6.45) is 0. The average molecular weight is 273 g/mol. The molecule has 70 valence electrons. The van der Waals surface area contributed by atoms with Gasteiger partial charge in [-0.15, -0.1) is 11.6 Å². The van der Waals surface area contributed by atoms with Crippen molar-refractivity contribution in [2.75, 3.05) is 0 Å². The summed E-state index contributed by atoms with van der Waals surface area (Å²) in [4.78, 5) is 9.30. The van der Waals surface area contributed by atoms with Crippen LogP contribution < -0.4 is 0 Å². The van der Waals surface area contributed by atoms with Crippen LogP contribution in [-0.4, -0.2) is 15.8 Å². The summed E-state index contributed by atoms with van der Waals surface area (Å²) < 4.78 is -0.329. The first-order chi connectivity index (χ1) is 5.37. The van der Waals surface area contributed by atoms with Crippen molar-refractivity contribution in [2.45, 2.75) is 10.9 Å². The van der Waals surface area contributed by atoms with Crippen molar-refractivity contribution in [3.8, 4) is 0 Å². The molecule has 0 aliphatic carbocycles. The molecule has 3 nitrogen and oxygen atoms in total. The molecule has 12 heavy (non-hydrogen) atoms. The van der Waals surface area contributed by atoms with Crippen LogP contribution in [0.1, 0.15) is 0 Å². The maximum Gasteiger partial charge on any atom is 0.307 e. The number of alkyl halides is 2. The maximum atomic E-state index is 10.1. The lowest BCUT2D eigenvalue weighted by molar-refractivity contribution is -0.496. The van der Waals surface area contributed by atoms with E-state index in [1.165, 1.54) is 0 Å². The van der Waals surface area contributed by atoms with E-state index in [1.807, 2.05) is 0 Å². The molecule has 0 heterocycles. The standard InChI is InChI=1S/C4H2Cl5NO2/c5-1(3(7)8)2(6)4(9)10(11)12/h2,4H/t2-,4-/m1/s1. The second-order valence-electron chi connectivity index (χ2n) is 1.67. The first-order valence-electron chi connectivity index (χ1n) is 2.50. The highest BCUT2D eigenvalue weighted by molar-refractivity contribution is 6.60. The van der Waals surface area contributed by atoms with Gasteiger partial charge < -0.3 is 0 Å². The van der Waals surface area contributed by atoms with Crippen LogP contribution in [0.2, 0.25) is 0 Å². The average Bonchev–Trinajstić information content (AvgIpc) is 2.00. The summed E-state index contributed by atoms with van der Waals surface area (Å²) in [5.74, 6) is 0. The van der Waals surface area contributed by atoms with Gasteiger partial charge in [0.25, 0.3) is 0 Å². The Labute approximate surface area is 93.3 Å². The second-order valence-corrected chi connectivity index (χ2v) is 3.94. The largest absolute Gasteiger partial charge is 0.307 e. The van der Waals surface area contributed by atoms with E-state index in [-0.39, 0.29) is 9.52 Å². The van der Waals surface area contributed by atoms with Gasteiger partial charge in [-0.1, -0.05) is 34.8 Å². The predicted molar refractivity (Wildman–Crippen MR) is 50.9 cm³/mol. The van der Waals surface area contributed by atoms with Gasteiger partial charge in [0.2, 0.25) is 0 Å². The highest BCUT2D eigenvalue weighted by Crippen LogP contribution is 2.28. The highest BCUT2D eigenvalue weighted by atomic mass is 35.5. The Morgan fingerprint density at radius 1 is 1.25 bits per heavy atom. The van der Waals surface area contributed by atoms with Gasteiger partial charge in [-0.25, -0.2) is 0 Å². The Bertz CT molecular complexity index is 213. The van der Waals surface area contributed by atoms with Crippen molar-refractivity contribution in [3.05, 3.63) is 19.6 Å². The molecule has 0 bridgehead atoms. The van der Waals surface area contributed by atoms with Crippen molar-refractivity contribution in [3.63, 3.8) is 0 Å². The fourth-order valence-corrected chi connectivity index (χ4v) is 1.19. The monoisotopic (exact) mass is 271 g/mol. The Morgan fingerprint density at radius 3 is 1.92 bits per heavy atom. The molecule has 0 aliphatic rings. The molecule has 0 saturated carbocycles. The molecule has 0 spiro atoms. The fourth-order valence-electron chi connectivity index (χ4n) is 0.332. The van der Waals surface area contributed by atoms with Crippen molar-refractivity contribution in [1.29, 1.82) is 0 Å². The highest BCUT2D eigenvalue weighted by Gasteiger charge is 2.31. The fraction of sp³-hybridized carbons (Fsp3) is 0.500. The third-order valence-corrected chi connectivity index (χ3v) is 3.00. The van der Waals surface area contributed by atoms with Gasteiger partial charge in [0.15, 0.2) is 5.38 Å². The third-order valence-electron chi connectivity index (χ3n) is 0.866. The minimum absolute atomic E-state index is 0.239. The summed E-state index contributed by atoms with van der Waals surface area (Å²) in [5.41, 5.74) is -1.55. The third kappa shape index (κ3) is 3.54. The van der Waals surface area contributed by atoms with E-state index in [2.05, 4.69) is 0 Å². The van der Waals surface area contributed by atoms with Crippen LogP contribution in [0.5, 0.6) is 0 Å². The number of hydrogen-bond acceptors (Lipinski definition) is 2. The van der Waals surface area contributed by atoms with Crippen molar-refractivity contribution in [1.82, 2.24) is 0 Å². The Morgan fingerprint density at radius 2 is 1.67 bits per heavy atom. The minimum Gasteiger partial charge on any atom is -0.263 e. The first kappa shape index (κ1) is 12.6. The summed E-state index contributed by atoms with van der Waals surface area (Å²) in [6.45, 7) is 0. The van der Waals surface area contributed by atoms with Gasteiger partial charge in [-0.3, -0.25) is 10.1 Å². The van der Waals surface area contributed by atoms with Gasteiger partial charge in [0.1, 0.15) is 4.49 Å². The zero-order valence-electron chi connectivity index (χ0n) is 5.31. The zero-order chi connectivity index (χ0) is 9.89. The van der Waals surface area contributed by atoms with Crippen molar-refractivity contribution >= 4 is 58.0 Å². The number of nitrogens with zero attached hydrogens (tertiary/aromatic N) is 1. The molecule has 0 aliphatic heterocycles. The summed E-state index contributed by atoms with van der Waals surface area (Å²) >= 11 is 26.5. The van der Waals surface area contributed by atoms with E-state index in [0.717, 1.165) is 0 Å². The van der Waals surface area contributed by atoms with Crippen LogP contribution >= 0.6 is 58.0 Å². The second kappa shape index (κ2) is 5.35. The smallest absolute Gasteiger partial charge is 0.263 e. The molecule has 0 aromatic carbocycles. The normalized spacial score (nSPS) is 15.1. The predicted octanol–water partition coefficient (Wildman–Crippen LogP) is 3.32. The summed E-state index contributed by atoms with van der Waals surface area (Å²) in [7, 11) is 0. The number of rotatable bonds is 3. The molecule has 0 radical (unpaired) electrons. The van der Waals surface area contributed by atoms with Gasteiger partial charge in [-0.05, 0) is 11.6 Å². The van der Waals surface area contributed by atoms with Gasteiger partial charge in [0.05, 0.1) is 5.03 Å². The molecule has 2 atom stereocenters. The van der Waals surface area contributed by atoms with Gasteiger partial charge in [0, 0.05) is 4.92 Å². The molecule has 0 saturated heterocycles. The number of nitro groups is 1. The quantitative estimate of drug-likeness (QED) is 0.342. The summed E-state index contributed by atoms with van der Waals surface area (Å²) in [5, 5.41) is 8.62. The van der Waals surface area contributed by atoms with E-state index in [1.54, 1.807) is 0 Å². The minimum atomic E-state index is -1.55. The van der Waals surface area contributed by atoms with Crippen molar-refractivity contribution < 1.29 is 4.92 Å². The molecular weight excluding hydrogens is 271 g/mol. The molecule has 0 unspecified atom stereocenters. The van der Waals surface area contributed by atoms with E-state index in [9.17, 15) is 10.1 Å². The van der Waals surface area contributed by atoms with Gasteiger partial charge >= 0.3 is 5.50 Å². The van der Waals surface area contributed by atoms with E-state index < -0.39 is 15.8 Å². The topological polar surface area (TPSA) is 43.1 Å². The van der Waals surface area contributed by atoms with Gasteiger partial charge in [-0.2, -0.15) is 0 Å². The Hall–Kier alpha value is 0.590. The molecule has 0 amide bonds. The van der Waals surface area contributed by atoms with Crippen LogP contribution in [0.25, 0.3) is 0 Å². The molecule has 0 aromatic rings. The molecule has 0 N–H and O–H groups in total. The maximum absolute atomic E-state index is 10.1. The molecule has 0 fully saturated rings. The van der Waals surface area contributed by atoms with Crippen molar-refractivity contribution in [2.24, 2.45) is 0 Å². The molecule has 8 heteroatoms. The number of halogens is 5. The van der Waals surface area contributed by atoms with E-state index in [0.29, 0.717) is 0 Å². The summed E-state index contributed by atoms with van der Waals surface area (Å²) in [6, 6.07) is 0. The first-order valence-corrected chi connectivity index (χ1v) is 4.51. The van der Waals surface area contributed by atoms with E-state index in [4.69, 9.17) is 58.0 Å². The molecule has 0 aromatic heterocycles. The molecule has 0 rings (SSSR count). The van der Waals surface area contributed by atoms with Crippen LogP contribution in [0, 0.1) is 10.1 Å². The van der Waals surface area contributed by atoms with Crippen LogP contribution in [0.4, 0.5) is 0 Å². The van der Waals surface area contributed by atoms with E-state index >= 15 is 0 Å². The lowest BCUT2D eigenvalue weighted by atomic mass is 10.4. The number of hydrogen-bond donors (Lipinski definition) is 0. The zero-order valence-corrected chi connectivity index (χ0v) is 9.09. The van der Waals surface area contributed by atoms with Crippen LogP contribution in [-0.2, 0) is 0 Å². The Kier molecular flexibility index (Phi) is 5.61. The molecular formula is C4H2Cl5NO2. The SMILES string of the molecule is O=[N+]([O-])[C@@H](Cl)[C@H](Cl)C(Cl)=C(Cl)Cl.